The van der Waals surface area contributed by atoms with Gasteiger partial charge in [-0.3, -0.25) is 10.1 Å². The van der Waals surface area contributed by atoms with Gasteiger partial charge >= 0.3 is 11.6 Å². The lowest BCUT2D eigenvalue weighted by atomic mass is 10.1. The van der Waals surface area contributed by atoms with Crippen LogP contribution in [0.15, 0.2) is 69.2 Å². The molecular formula is C23H18N2O6S. The van der Waals surface area contributed by atoms with Gasteiger partial charge in [-0.05, 0) is 25.1 Å². The fourth-order valence-electron chi connectivity index (χ4n) is 2.80. The van der Waals surface area contributed by atoms with Gasteiger partial charge in [-0.15, -0.1) is 11.3 Å². The minimum atomic E-state index is -0.714. The number of carbonyl (C=O) groups is 2. The zero-order chi connectivity index (χ0) is 22.5. The molecule has 1 amide bonds. The summed E-state index contributed by atoms with van der Waals surface area (Å²) in [6.07, 6.45) is 0. The maximum absolute atomic E-state index is 12.1. The Kier molecular flexibility index (Phi) is 6.27. The first kappa shape index (κ1) is 21.3. The van der Waals surface area contributed by atoms with Crippen molar-refractivity contribution in [1.82, 2.24) is 4.98 Å². The average molecular weight is 450 g/mol. The smallest absolute Gasteiger partial charge is 0.344 e. The van der Waals surface area contributed by atoms with Crippen molar-refractivity contribution in [3.63, 3.8) is 0 Å². The van der Waals surface area contributed by atoms with Crippen LogP contribution < -0.4 is 15.7 Å². The molecule has 0 unspecified atom stereocenters. The molecule has 1 N–H and O–H groups in total. The number of thiazole rings is 1. The summed E-state index contributed by atoms with van der Waals surface area (Å²) in [6.45, 7) is 1.14. The molecule has 0 aliphatic carbocycles. The van der Waals surface area contributed by atoms with E-state index >= 15 is 0 Å². The maximum atomic E-state index is 12.1. The van der Waals surface area contributed by atoms with Crippen LogP contribution in [0, 0.1) is 6.92 Å². The van der Waals surface area contributed by atoms with Gasteiger partial charge in [0.2, 0.25) is 0 Å². The molecule has 0 aliphatic rings. The van der Waals surface area contributed by atoms with Crippen LogP contribution >= 0.6 is 11.3 Å². The first-order valence-corrected chi connectivity index (χ1v) is 10.5. The quantitative estimate of drug-likeness (QED) is 0.337. The molecule has 0 saturated heterocycles. The highest BCUT2D eigenvalue weighted by Crippen LogP contribution is 2.25. The third kappa shape index (κ3) is 5.38. The van der Waals surface area contributed by atoms with Crippen molar-refractivity contribution in [2.75, 3.05) is 18.5 Å². The number of fused-ring (bicyclic) bond motifs is 1. The predicted molar refractivity (Wildman–Crippen MR) is 120 cm³/mol. The van der Waals surface area contributed by atoms with Crippen molar-refractivity contribution < 1.29 is 23.5 Å². The van der Waals surface area contributed by atoms with Gasteiger partial charge in [-0.25, -0.2) is 14.6 Å². The number of nitrogens with zero attached hydrogens (tertiary/aromatic N) is 1. The molecule has 32 heavy (non-hydrogen) atoms. The molecule has 4 rings (SSSR count). The molecule has 2 aromatic carbocycles. The van der Waals surface area contributed by atoms with Crippen LogP contribution in [0.2, 0.25) is 0 Å². The van der Waals surface area contributed by atoms with E-state index in [9.17, 15) is 14.4 Å². The molecule has 0 bridgehead atoms. The Bertz CT molecular complexity index is 1330. The van der Waals surface area contributed by atoms with Crippen LogP contribution in [-0.4, -0.2) is 30.1 Å². The Hall–Kier alpha value is -3.98. The topological polar surface area (TPSA) is 108 Å². The number of rotatable bonds is 7. The number of aromatic nitrogens is 1. The number of amides is 1. The Labute approximate surface area is 186 Å². The van der Waals surface area contributed by atoms with Gasteiger partial charge in [0.05, 0.1) is 5.69 Å². The Morgan fingerprint density at radius 3 is 2.66 bits per heavy atom. The van der Waals surface area contributed by atoms with Crippen molar-refractivity contribution >= 4 is 39.3 Å². The zero-order valence-electron chi connectivity index (χ0n) is 17.0. The van der Waals surface area contributed by atoms with E-state index in [4.69, 9.17) is 13.9 Å². The van der Waals surface area contributed by atoms with E-state index < -0.39 is 30.7 Å². The lowest BCUT2D eigenvalue weighted by Crippen LogP contribution is -2.23. The van der Waals surface area contributed by atoms with Crippen LogP contribution in [0.25, 0.3) is 22.2 Å². The molecule has 9 heteroatoms. The SMILES string of the molecule is Cc1ccc(-c2csc(NC(=O)COC(=O)COc3ccc4ccc(=O)oc4c3)n2)cc1. The maximum Gasteiger partial charge on any atom is 0.344 e. The average Bonchev–Trinajstić information content (AvgIpc) is 3.24. The van der Waals surface area contributed by atoms with Gasteiger partial charge in [-0.1, -0.05) is 29.8 Å². The molecule has 0 aliphatic heterocycles. The first-order valence-electron chi connectivity index (χ1n) is 9.61. The number of aryl methyl sites for hydroxylation is 1. The number of anilines is 1. The van der Waals surface area contributed by atoms with Gasteiger partial charge in [0, 0.05) is 28.5 Å². The van der Waals surface area contributed by atoms with Crippen molar-refractivity contribution in [2.24, 2.45) is 0 Å². The van der Waals surface area contributed by atoms with E-state index in [2.05, 4.69) is 10.3 Å². The van der Waals surface area contributed by atoms with E-state index in [1.165, 1.54) is 23.5 Å². The summed E-state index contributed by atoms with van der Waals surface area (Å²) in [4.78, 5) is 39.6. The van der Waals surface area contributed by atoms with Crippen LogP contribution in [0.4, 0.5) is 5.13 Å². The van der Waals surface area contributed by atoms with Crippen molar-refractivity contribution in [3.05, 3.63) is 76.0 Å². The third-order valence-corrected chi connectivity index (χ3v) is 5.17. The van der Waals surface area contributed by atoms with E-state index in [-0.39, 0.29) is 0 Å². The van der Waals surface area contributed by atoms with Crippen LogP contribution in [0.3, 0.4) is 0 Å². The number of hydrogen-bond donors (Lipinski definition) is 1. The second kappa shape index (κ2) is 9.44. The van der Waals surface area contributed by atoms with E-state index in [0.717, 1.165) is 22.2 Å². The lowest BCUT2D eigenvalue weighted by molar-refractivity contribution is -0.149. The van der Waals surface area contributed by atoms with E-state index in [1.54, 1.807) is 18.2 Å². The second-order valence-corrected chi connectivity index (χ2v) is 7.71. The number of benzene rings is 2. The van der Waals surface area contributed by atoms with Gasteiger partial charge in [0.1, 0.15) is 11.3 Å². The fourth-order valence-corrected chi connectivity index (χ4v) is 3.54. The first-order chi connectivity index (χ1) is 15.5. The highest BCUT2D eigenvalue weighted by Gasteiger charge is 2.12. The minimum Gasteiger partial charge on any atom is -0.482 e. The molecule has 0 spiro atoms. The molecule has 2 heterocycles. The van der Waals surface area contributed by atoms with E-state index in [0.29, 0.717) is 16.5 Å². The van der Waals surface area contributed by atoms with Crippen LogP contribution in [0.5, 0.6) is 5.75 Å². The molecule has 8 nitrogen and oxygen atoms in total. The Balaban J connectivity index is 1.25. The summed E-state index contributed by atoms with van der Waals surface area (Å²) in [6, 6.07) is 15.7. The van der Waals surface area contributed by atoms with Crippen LogP contribution in [0.1, 0.15) is 5.56 Å². The van der Waals surface area contributed by atoms with Crippen molar-refractivity contribution in [3.8, 4) is 17.0 Å². The number of ether oxygens (including phenoxy) is 2. The second-order valence-electron chi connectivity index (χ2n) is 6.86. The number of nitrogens with one attached hydrogen (secondary N) is 1. The molecule has 4 aromatic rings. The van der Waals surface area contributed by atoms with Crippen molar-refractivity contribution in [2.45, 2.75) is 6.92 Å². The molecule has 0 atom stereocenters. The van der Waals surface area contributed by atoms with E-state index in [1.807, 2.05) is 36.6 Å². The summed E-state index contributed by atoms with van der Waals surface area (Å²) in [7, 11) is 0. The predicted octanol–water partition coefficient (Wildman–Crippen LogP) is 3.79. The Morgan fingerprint density at radius 2 is 1.84 bits per heavy atom. The molecule has 0 saturated carbocycles. The van der Waals surface area contributed by atoms with Crippen LogP contribution in [-0.2, 0) is 14.3 Å². The largest absolute Gasteiger partial charge is 0.482 e. The highest BCUT2D eigenvalue weighted by molar-refractivity contribution is 7.14. The summed E-state index contributed by atoms with van der Waals surface area (Å²) in [5.41, 5.74) is 2.71. The minimum absolute atomic E-state index is 0.333. The standard InChI is InChI=1S/C23H18N2O6S/c1-14-2-4-15(5-3-14)18-13-32-23(24-18)25-20(26)11-30-22(28)12-29-17-8-6-16-7-9-21(27)31-19(16)10-17/h2-10,13H,11-12H2,1H3,(H,24,25,26). The number of esters is 1. The summed E-state index contributed by atoms with van der Waals surface area (Å²) in [5, 5.41) is 5.58. The molecule has 0 radical (unpaired) electrons. The number of hydrogen-bond acceptors (Lipinski definition) is 8. The fraction of sp³-hybridized carbons (Fsp3) is 0.130. The molecule has 0 fully saturated rings. The summed E-state index contributed by atoms with van der Waals surface area (Å²) >= 11 is 1.28. The van der Waals surface area contributed by atoms with Gasteiger partial charge in [-0.2, -0.15) is 0 Å². The lowest BCUT2D eigenvalue weighted by Gasteiger charge is -2.07. The van der Waals surface area contributed by atoms with Gasteiger partial charge < -0.3 is 13.9 Å². The van der Waals surface area contributed by atoms with Gasteiger partial charge in [0.25, 0.3) is 5.91 Å². The molecular weight excluding hydrogens is 432 g/mol. The highest BCUT2D eigenvalue weighted by atomic mass is 32.1. The monoisotopic (exact) mass is 450 g/mol. The zero-order valence-corrected chi connectivity index (χ0v) is 17.8. The normalized spacial score (nSPS) is 10.7. The number of carbonyl (C=O) groups excluding carboxylic acids is 2. The van der Waals surface area contributed by atoms with Crippen molar-refractivity contribution in [1.29, 1.82) is 0 Å². The third-order valence-electron chi connectivity index (χ3n) is 4.41. The summed E-state index contributed by atoms with van der Waals surface area (Å²) < 4.78 is 15.4. The molecule has 2 aromatic heterocycles. The Morgan fingerprint density at radius 1 is 1.06 bits per heavy atom. The molecule has 162 valence electrons. The summed E-state index contributed by atoms with van der Waals surface area (Å²) in [5.74, 6) is -0.885. The van der Waals surface area contributed by atoms with Gasteiger partial charge in [0.15, 0.2) is 18.3 Å².